The summed E-state index contributed by atoms with van der Waals surface area (Å²) in [6, 6.07) is 0. The van der Waals surface area contributed by atoms with Crippen LogP contribution >= 0.6 is 15.9 Å². The Bertz CT molecular complexity index is 556. The molecule has 80 valence electrons. The van der Waals surface area contributed by atoms with Gasteiger partial charge < -0.3 is 10.1 Å². The smallest absolute Gasteiger partial charge is 0.358 e. The van der Waals surface area contributed by atoms with Gasteiger partial charge in [0.15, 0.2) is 11.9 Å². The minimum atomic E-state index is -3.51. The second kappa shape index (κ2) is 3.14. The molecule has 0 aliphatic carbocycles. The molecule has 2 heterocycles. The van der Waals surface area contributed by atoms with E-state index in [2.05, 4.69) is 25.6 Å². The Morgan fingerprint density at radius 3 is 2.87 bits per heavy atom. The molecule has 15 heavy (non-hydrogen) atoms. The highest BCUT2D eigenvalue weighted by Gasteiger charge is 2.33. The number of nitrogens with zero attached hydrogens (tertiary/aromatic N) is 2. The molecule has 0 radical (unpaired) electrons. The van der Waals surface area contributed by atoms with E-state index >= 15 is 0 Å². The molecule has 1 aromatic heterocycles. The van der Waals surface area contributed by atoms with Gasteiger partial charge in [-0.25, -0.2) is 8.42 Å². The first-order valence-electron chi connectivity index (χ1n) is 3.73. The minimum absolute atomic E-state index is 0.0469. The maximum absolute atomic E-state index is 11.2. The summed E-state index contributed by atoms with van der Waals surface area (Å²) in [6.07, 6.45) is 1.22. The van der Waals surface area contributed by atoms with Crippen LogP contribution in [0.3, 0.4) is 0 Å². The SMILES string of the molecule is O=[N+]([O-])c1ncc(Br)c2c1NS(=O)(=O)C2. The highest BCUT2D eigenvalue weighted by atomic mass is 79.9. The van der Waals surface area contributed by atoms with Gasteiger partial charge in [0.05, 0.1) is 10.2 Å². The molecule has 1 aromatic rings. The summed E-state index contributed by atoms with van der Waals surface area (Å²) in [5, 5.41) is 10.6. The van der Waals surface area contributed by atoms with Gasteiger partial charge in [0.25, 0.3) is 0 Å². The first kappa shape index (κ1) is 10.3. The predicted molar refractivity (Wildman–Crippen MR) is 54.8 cm³/mol. The van der Waals surface area contributed by atoms with Crippen LogP contribution in [0.4, 0.5) is 11.5 Å². The highest BCUT2D eigenvalue weighted by molar-refractivity contribution is 9.10. The first-order valence-corrected chi connectivity index (χ1v) is 6.17. The molecular weight excluding hydrogens is 290 g/mol. The molecule has 0 atom stereocenters. The third-order valence-electron chi connectivity index (χ3n) is 1.88. The van der Waals surface area contributed by atoms with Crippen molar-refractivity contribution in [2.75, 3.05) is 4.72 Å². The van der Waals surface area contributed by atoms with E-state index < -0.39 is 20.8 Å². The van der Waals surface area contributed by atoms with E-state index in [1.54, 1.807) is 0 Å². The van der Waals surface area contributed by atoms with Gasteiger partial charge in [-0.3, -0.25) is 4.72 Å². The lowest BCUT2D eigenvalue weighted by atomic mass is 10.2. The van der Waals surface area contributed by atoms with E-state index in [4.69, 9.17) is 0 Å². The van der Waals surface area contributed by atoms with Crippen molar-refractivity contribution in [2.24, 2.45) is 0 Å². The molecule has 7 nitrogen and oxygen atoms in total. The van der Waals surface area contributed by atoms with Gasteiger partial charge in [0, 0.05) is 5.56 Å². The van der Waals surface area contributed by atoms with Crippen LogP contribution in [0.15, 0.2) is 10.7 Å². The van der Waals surface area contributed by atoms with E-state index in [9.17, 15) is 18.5 Å². The molecule has 1 N–H and O–H groups in total. The van der Waals surface area contributed by atoms with Crippen molar-refractivity contribution in [1.82, 2.24) is 4.98 Å². The average molecular weight is 294 g/mol. The summed E-state index contributed by atoms with van der Waals surface area (Å²) < 4.78 is 25.0. The molecule has 0 fully saturated rings. The van der Waals surface area contributed by atoms with Crippen LogP contribution < -0.4 is 4.72 Å². The standard InChI is InChI=1S/C6H4BrN3O4S/c7-4-1-8-6(10(11)12)5-3(4)2-15(13,14)9-5/h1,9H,2H2. The molecule has 0 saturated heterocycles. The zero-order valence-electron chi connectivity index (χ0n) is 7.10. The van der Waals surface area contributed by atoms with Crippen LogP contribution in [-0.2, 0) is 15.8 Å². The number of pyridine rings is 1. The maximum Gasteiger partial charge on any atom is 0.388 e. The minimum Gasteiger partial charge on any atom is -0.358 e. The Labute approximate surface area is 92.8 Å². The molecule has 0 amide bonds. The Morgan fingerprint density at radius 1 is 1.60 bits per heavy atom. The van der Waals surface area contributed by atoms with Crippen LogP contribution in [0.2, 0.25) is 0 Å². The van der Waals surface area contributed by atoms with Crippen molar-refractivity contribution in [2.45, 2.75) is 5.75 Å². The van der Waals surface area contributed by atoms with Crippen molar-refractivity contribution in [3.63, 3.8) is 0 Å². The van der Waals surface area contributed by atoms with Crippen LogP contribution in [0.5, 0.6) is 0 Å². The average Bonchev–Trinajstić information content (AvgIpc) is 2.41. The maximum atomic E-state index is 11.2. The normalized spacial score (nSPS) is 16.9. The van der Waals surface area contributed by atoms with E-state index in [1.807, 2.05) is 0 Å². The van der Waals surface area contributed by atoms with E-state index in [0.29, 0.717) is 10.0 Å². The molecule has 0 aromatic carbocycles. The molecule has 0 spiro atoms. The second-order valence-electron chi connectivity index (χ2n) is 2.90. The Morgan fingerprint density at radius 2 is 2.27 bits per heavy atom. The van der Waals surface area contributed by atoms with Gasteiger partial charge in [-0.15, -0.1) is 0 Å². The lowest BCUT2D eigenvalue weighted by molar-refractivity contribution is -0.388. The van der Waals surface area contributed by atoms with Crippen molar-refractivity contribution < 1.29 is 13.3 Å². The molecule has 0 bridgehead atoms. The third-order valence-corrected chi connectivity index (χ3v) is 3.75. The van der Waals surface area contributed by atoms with Gasteiger partial charge in [-0.2, -0.15) is 0 Å². The summed E-state index contributed by atoms with van der Waals surface area (Å²) in [4.78, 5) is 13.4. The predicted octanol–water partition coefficient (Wildman–Crippen LogP) is 1.01. The lowest BCUT2D eigenvalue weighted by Crippen LogP contribution is -2.06. The van der Waals surface area contributed by atoms with Gasteiger partial charge in [0.2, 0.25) is 10.0 Å². The fraction of sp³-hybridized carbons (Fsp3) is 0.167. The number of rotatable bonds is 1. The third kappa shape index (κ3) is 1.67. The lowest BCUT2D eigenvalue weighted by Gasteiger charge is -1.99. The van der Waals surface area contributed by atoms with Crippen molar-refractivity contribution in [1.29, 1.82) is 0 Å². The van der Waals surface area contributed by atoms with Gasteiger partial charge in [0.1, 0.15) is 0 Å². The number of anilines is 1. The zero-order valence-corrected chi connectivity index (χ0v) is 9.50. The Kier molecular flexibility index (Phi) is 2.15. The fourth-order valence-electron chi connectivity index (χ4n) is 1.28. The van der Waals surface area contributed by atoms with Crippen LogP contribution in [0.25, 0.3) is 0 Å². The Hall–Kier alpha value is -1.22. The number of aromatic nitrogens is 1. The summed E-state index contributed by atoms with van der Waals surface area (Å²) >= 11 is 3.09. The molecule has 2 rings (SSSR count). The summed E-state index contributed by atoms with van der Waals surface area (Å²) in [6.45, 7) is 0. The monoisotopic (exact) mass is 293 g/mol. The molecular formula is C6H4BrN3O4S. The first-order chi connectivity index (χ1) is 6.91. The topological polar surface area (TPSA) is 102 Å². The Balaban J connectivity index is 2.70. The molecule has 1 aliphatic heterocycles. The number of halogens is 1. The second-order valence-corrected chi connectivity index (χ2v) is 5.48. The number of fused-ring (bicyclic) bond motifs is 1. The van der Waals surface area contributed by atoms with E-state index in [1.165, 1.54) is 6.20 Å². The highest BCUT2D eigenvalue weighted by Crippen LogP contribution is 2.38. The van der Waals surface area contributed by atoms with Gasteiger partial charge in [-0.1, -0.05) is 0 Å². The fourth-order valence-corrected chi connectivity index (χ4v) is 3.19. The number of hydrogen-bond donors (Lipinski definition) is 1. The van der Waals surface area contributed by atoms with Crippen LogP contribution in [0.1, 0.15) is 5.56 Å². The quantitative estimate of drug-likeness (QED) is 0.615. The van der Waals surface area contributed by atoms with Crippen LogP contribution in [0, 0.1) is 10.1 Å². The van der Waals surface area contributed by atoms with Crippen molar-refractivity contribution in [3.05, 3.63) is 26.3 Å². The van der Waals surface area contributed by atoms with E-state index in [0.717, 1.165) is 0 Å². The molecule has 0 unspecified atom stereocenters. The number of sulfonamides is 1. The van der Waals surface area contributed by atoms with E-state index in [-0.39, 0.29) is 11.4 Å². The van der Waals surface area contributed by atoms with Gasteiger partial charge in [-0.05, 0) is 25.8 Å². The number of hydrogen-bond acceptors (Lipinski definition) is 5. The summed E-state index contributed by atoms with van der Waals surface area (Å²) in [7, 11) is -3.51. The van der Waals surface area contributed by atoms with Crippen LogP contribution in [-0.4, -0.2) is 18.3 Å². The molecule has 9 heteroatoms. The molecule has 1 aliphatic rings. The number of nitro groups is 1. The van der Waals surface area contributed by atoms with Crippen molar-refractivity contribution in [3.8, 4) is 0 Å². The largest absolute Gasteiger partial charge is 0.388 e. The van der Waals surface area contributed by atoms with Gasteiger partial charge >= 0.3 is 5.82 Å². The zero-order chi connectivity index (χ0) is 11.2. The van der Waals surface area contributed by atoms with Crippen molar-refractivity contribution >= 4 is 37.5 Å². The molecule has 0 saturated carbocycles. The summed E-state index contributed by atoms with van der Waals surface area (Å²) in [5.41, 5.74) is 0.297. The summed E-state index contributed by atoms with van der Waals surface area (Å²) in [5.74, 6) is -0.749. The number of nitrogens with one attached hydrogen (secondary N) is 1.